The maximum Gasteiger partial charge on any atom is 0.361 e. The highest BCUT2D eigenvalue weighted by molar-refractivity contribution is 6.38. The number of carbonyl (C=O) groups excluding carboxylic acids is 2. The molecule has 0 aliphatic heterocycles. The zero-order valence-corrected chi connectivity index (χ0v) is 6.59. The molecule has 0 saturated heterocycles. The number of allylic oxidation sites excluding steroid dienone is 1. The molecule has 10 heavy (non-hydrogen) atoms. The van der Waals surface area contributed by atoms with Crippen LogP contribution in [0.3, 0.4) is 0 Å². The maximum atomic E-state index is 10.7. The van der Waals surface area contributed by atoms with Crippen molar-refractivity contribution in [1.82, 2.24) is 0 Å². The van der Waals surface area contributed by atoms with Crippen LogP contribution in [0.4, 0.5) is 0 Å². The largest absolute Gasteiger partial charge is 0.510 e. The summed E-state index contributed by atoms with van der Waals surface area (Å²) in [7, 11) is 2.45. The van der Waals surface area contributed by atoms with E-state index in [2.05, 4.69) is 21.5 Å². The summed E-state index contributed by atoms with van der Waals surface area (Å²) in [5.41, 5.74) is 0. The van der Waals surface area contributed by atoms with Gasteiger partial charge in [-0.25, -0.2) is 4.79 Å². The Bertz CT molecular complexity index is 164. The Kier molecular flexibility index (Phi) is 3.64. The highest BCUT2D eigenvalue weighted by atomic mass is 28.2. The summed E-state index contributed by atoms with van der Waals surface area (Å²) >= 11 is 0. The molecule has 0 aromatic rings. The van der Waals surface area contributed by atoms with Crippen molar-refractivity contribution in [2.75, 3.05) is 0 Å². The zero-order chi connectivity index (χ0) is 8.15. The van der Waals surface area contributed by atoms with Gasteiger partial charge in [-0.2, -0.15) is 0 Å². The van der Waals surface area contributed by atoms with E-state index in [4.69, 9.17) is 0 Å². The van der Waals surface area contributed by atoms with Crippen LogP contribution in [0.15, 0.2) is 12.7 Å². The molecule has 0 aromatic heterocycles. The molecule has 3 radical (unpaired) electrons. The molecule has 0 aliphatic rings. The van der Waals surface area contributed by atoms with Gasteiger partial charge >= 0.3 is 16.5 Å². The first-order valence-corrected chi connectivity index (χ1v) is 3.08. The Hall–Kier alpha value is -0.903. The topological polar surface area (TPSA) is 43.4 Å². The van der Waals surface area contributed by atoms with Gasteiger partial charge in [0.05, 0.1) is 0 Å². The van der Waals surface area contributed by atoms with Crippen molar-refractivity contribution < 1.29 is 14.0 Å². The van der Waals surface area contributed by atoms with Crippen LogP contribution in [0, 0.1) is 5.92 Å². The van der Waals surface area contributed by atoms with E-state index >= 15 is 0 Å². The van der Waals surface area contributed by atoms with Crippen molar-refractivity contribution in [3.63, 3.8) is 0 Å². The second-order valence-electron chi connectivity index (χ2n) is 1.78. The van der Waals surface area contributed by atoms with E-state index in [1.807, 2.05) is 0 Å². The van der Waals surface area contributed by atoms with Gasteiger partial charge in [-0.3, -0.25) is 4.79 Å². The Balaban J connectivity index is 4.07. The van der Waals surface area contributed by atoms with E-state index in [1.54, 1.807) is 6.92 Å². The molecule has 0 bridgehead atoms. The van der Waals surface area contributed by atoms with Gasteiger partial charge in [0.25, 0.3) is 0 Å². The minimum atomic E-state index is -0.899. The number of hydrogen-bond donors (Lipinski definition) is 0. The standard InChI is InChI=1S/C6H7O3Si/c1-3-4(2)5(7)6(8)9-10/h3-4H,1H2,2H3. The minimum Gasteiger partial charge on any atom is -0.510 e. The van der Waals surface area contributed by atoms with Gasteiger partial charge in [0.2, 0.25) is 5.78 Å². The van der Waals surface area contributed by atoms with Gasteiger partial charge in [0.1, 0.15) is 0 Å². The van der Waals surface area contributed by atoms with Crippen molar-refractivity contribution in [2.24, 2.45) is 5.92 Å². The minimum absolute atomic E-state index is 0.483. The van der Waals surface area contributed by atoms with Crippen LogP contribution in [-0.2, 0) is 14.0 Å². The molecule has 53 valence electrons. The predicted octanol–water partition coefficient (Wildman–Crippen LogP) is 0.00430. The first-order chi connectivity index (χ1) is 4.63. The highest BCUT2D eigenvalue weighted by Crippen LogP contribution is 1.97. The van der Waals surface area contributed by atoms with Gasteiger partial charge in [0.15, 0.2) is 0 Å². The third kappa shape index (κ3) is 2.14. The number of hydrogen-bond acceptors (Lipinski definition) is 3. The molecule has 0 rings (SSSR count). The molecule has 4 heteroatoms. The molecule has 0 aromatic carbocycles. The summed E-state index contributed by atoms with van der Waals surface area (Å²) in [5, 5.41) is 0. The summed E-state index contributed by atoms with van der Waals surface area (Å²) in [6.07, 6.45) is 1.38. The quantitative estimate of drug-likeness (QED) is 0.327. The lowest BCUT2D eigenvalue weighted by molar-refractivity contribution is -0.147. The van der Waals surface area contributed by atoms with Gasteiger partial charge in [0, 0.05) is 5.92 Å². The molecule has 0 amide bonds. The van der Waals surface area contributed by atoms with Gasteiger partial charge in [-0.1, -0.05) is 13.0 Å². The Morgan fingerprint density at radius 2 is 2.20 bits per heavy atom. The van der Waals surface area contributed by atoms with Crippen molar-refractivity contribution >= 4 is 22.2 Å². The lowest BCUT2D eigenvalue weighted by atomic mass is 10.1. The molecular weight excluding hydrogens is 148 g/mol. The van der Waals surface area contributed by atoms with E-state index in [0.29, 0.717) is 0 Å². The molecule has 1 unspecified atom stereocenters. The molecule has 0 spiro atoms. The summed E-state index contributed by atoms with van der Waals surface area (Å²) < 4.78 is 4.00. The van der Waals surface area contributed by atoms with Crippen molar-refractivity contribution in [2.45, 2.75) is 6.92 Å². The fourth-order valence-corrected chi connectivity index (χ4v) is 0.444. The zero-order valence-electron chi connectivity index (χ0n) is 5.59. The van der Waals surface area contributed by atoms with Crippen molar-refractivity contribution in [3.05, 3.63) is 12.7 Å². The second-order valence-corrected chi connectivity index (χ2v) is 1.98. The number of carbonyl (C=O) groups is 2. The average Bonchev–Trinajstić information content (AvgIpc) is 2.00. The van der Waals surface area contributed by atoms with Crippen LogP contribution in [-0.4, -0.2) is 22.2 Å². The van der Waals surface area contributed by atoms with Gasteiger partial charge in [-0.15, -0.1) is 6.58 Å². The van der Waals surface area contributed by atoms with E-state index in [-0.39, 0.29) is 0 Å². The van der Waals surface area contributed by atoms with Crippen molar-refractivity contribution in [3.8, 4) is 0 Å². The van der Waals surface area contributed by atoms with Crippen LogP contribution in [0.25, 0.3) is 0 Å². The van der Waals surface area contributed by atoms with Crippen LogP contribution < -0.4 is 0 Å². The average molecular weight is 155 g/mol. The summed E-state index contributed by atoms with van der Waals surface area (Å²) in [6, 6.07) is 0. The Morgan fingerprint density at radius 3 is 2.50 bits per heavy atom. The third-order valence-electron chi connectivity index (χ3n) is 1.06. The van der Waals surface area contributed by atoms with Crippen LogP contribution in [0.1, 0.15) is 6.92 Å². The molecule has 0 aliphatic carbocycles. The highest BCUT2D eigenvalue weighted by Gasteiger charge is 2.18. The number of rotatable bonds is 3. The normalized spacial score (nSPS) is 11.8. The number of Topliss-reactive ketones (excluding diaryl/α,β-unsaturated/α-hetero) is 1. The monoisotopic (exact) mass is 155 g/mol. The lowest BCUT2D eigenvalue weighted by Crippen LogP contribution is -2.21. The van der Waals surface area contributed by atoms with Crippen LogP contribution in [0.2, 0.25) is 0 Å². The molecule has 3 nitrogen and oxygen atoms in total. The predicted molar refractivity (Wildman–Crippen MR) is 36.2 cm³/mol. The molecular formula is C6H7O3Si. The molecule has 0 saturated carbocycles. The summed E-state index contributed by atoms with van der Waals surface area (Å²) in [4.78, 5) is 21.2. The van der Waals surface area contributed by atoms with Crippen LogP contribution >= 0.6 is 0 Å². The van der Waals surface area contributed by atoms with E-state index < -0.39 is 17.7 Å². The van der Waals surface area contributed by atoms with E-state index in [0.717, 1.165) is 0 Å². The maximum absolute atomic E-state index is 10.7. The first-order valence-electron chi connectivity index (χ1n) is 2.67. The van der Waals surface area contributed by atoms with Gasteiger partial charge < -0.3 is 4.43 Å². The lowest BCUT2D eigenvalue weighted by Gasteiger charge is -2.00. The molecule has 0 N–H and O–H groups in total. The second kappa shape index (κ2) is 4.00. The molecule has 0 heterocycles. The number of ketones is 1. The fourth-order valence-electron chi connectivity index (χ4n) is 0.343. The summed E-state index contributed by atoms with van der Waals surface area (Å²) in [6.45, 7) is 4.92. The molecule has 1 atom stereocenters. The Labute approximate surface area is 62.6 Å². The third-order valence-corrected chi connectivity index (χ3v) is 1.25. The van der Waals surface area contributed by atoms with Gasteiger partial charge in [-0.05, 0) is 0 Å². The molecule has 0 fully saturated rings. The van der Waals surface area contributed by atoms with E-state index in [1.165, 1.54) is 6.08 Å². The summed E-state index contributed by atoms with van der Waals surface area (Å²) in [5.74, 6) is -1.99. The van der Waals surface area contributed by atoms with Crippen molar-refractivity contribution in [1.29, 1.82) is 0 Å². The smallest absolute Gasteiger partial charge is 0.361 e. The Morgan fingerprint density at radius 1 is 1.70 bits per heavy atom. The van der Waals surface area contributed by atoms with Crippen LogP contribution in [0.5, 0.6) is 0 Å². The first kappa shape index (κ1) is 9.10. The fraction of sp³-hybridized carbons (Fsp3) is 0.333. The van der Waals surface area contributed by atoms with E-state index in [9.17, 15) is 9.59 Å². The SMILES string of the molecule is C=CC(C)C(=O)C(=O)O[Si].